The molecule has 10 nitrogen and oxygen atoms in total. The van der Waals surface area contributed by atoms with Crippen LogP contribution < -0.4 is 0 Å². The van der Waals surface area contributed by atoms with Crippen LogP contribution in [0.2, 0.25) is 0 Å². The highest BCUT2D eigenvalue weighted by molar-refractivity contribution is 9.10. The fraction of sp³-hybridized carbons (Fsp3) is 0.130. The van der Waals surface area contributed by atoms with E-state index in [1.807, 2.05) is 0 Å². The molecule has 0 bridgehead atoms. The molecule has 0 aromatic heterocycles. The van der Waals surface area contributed by atoms with Crippen LogP contribution in [-0.2, 0) is 19.1 Å². The van der Waals surface area contributed by atoms with Gasteiger partial charge in [-0.2, -0.15) is 21.6 Å². The molecule has 1 aliphatic heterocycles. The predicted octanol–water partition coefficient (Wildman–Crippen LogP) is 4.54. The fourth-order valence-corrected chi connectivity index (χ4v) is 4.17. The first-order valence-corrected chi connectivity index (χ1v) is 12.5. The van der Waals surface area contributed by atoms with Gasteiger partial charge in [0.15, 0.2) is 0 Å². The lowest BCUT2D eigenvalue weighted by atomic mass is 9.95. The van der Waals surface area contributed by atoms with Gasteiger partial charge in [0.05, 0.1) is 28.9 Å². The molecule has 3 aromatic carbocycles. The van der Waals surface area contributed by atoms with Crippen LogP contribution in [-0.4, -0.2) is 54.5 Å². The molecule has 0 fully saturated rings. The number of nitrogens with zero attached hydrogens (tertiary/aromatic N) is 1. The lowest BCUT2D eigenvalue weighted by Gasteiger charge is -2.25. The zero-order valence-electron chi connectivity index (χ0n) is 19.0. The summed E-state index contributed by atoms with van der Waals surface area (Å²) in [5.74, 6) is -4.18. The number of carboxylic acids is 1. The molecule has 0 atom stereocenters. The standard InChI is InChI=1S/C13H6F3NO5S.C10H9BrO4/c14-13(15,16)23(20,21)22-17-11(18)8-5-1-3-7-4-2-6-9(10(7)8)12(17)19;1-2-15-10(14)7-3-6(9(12)13)4-8(11)5-7/h1-6H;3-5H,2H2,1H3,(H,12,13). The van der Waals surface area contributed by atoms with Gasteiger partial charge in [0.2, 0.25) is 0 Å². The van der Waals surface area contributed by atoms with Gasteiger partial charge in [0.1, 0.15) is 0 Å². The van der Waals surface area contributed by atoms with Gasteiger partial charge >= 0.3 is 27.6 Å². The number of alkyl halides is 3. The van der Waals surface area contributed by atoms with E-state index in [0.29, 0.717) is 9.86 Å². The third-order valence-corrected chi connectivity index (χ3v) is 6.22. The Morgan fingerprint density at radius 1 is 0.974 bits per heavy atom. The molecule has 4 rings (SSSR count). The number of rotatable bonds is 5. The normalized spacial score (nSPS) is 13.1. The summed E-state index contributed by atoms with van der Waals surface area (Å²) >= 11 is 3.13. The Labute approximate surface area is 220 Å². The van der Waals surface area contributed by atoms with Gasteiger partial charge in [0.25, 0.3) is 11.8 Å². The van der Waals surface area contributed by atoms with E-state index < -0.39 is 39.4 Å². The van der Waals surface area contributed by atoms with E-state index in [0.717, 1.165) is 0 Å². The topological polar surface area (TPSA) is 144 Å². The summed E-state index contributed by atoms with van der Waals surface area (Å²) in [6, 6.07) is 12.9. The first-order chi connectivity index (χ1) is 17.7. The van der Waals surface area contributed by atoms with Gasteiger partial charge in [-0.25, -0.2) is 9.59 Å². The molecule has 15 heteroatoms. The smallest absolute Gasteiger partial charge is 0.478 e. The van der Waals surface area contributed by atoms with Crippen LogP contribution in [0.15, 0.2) is 59.1 Å². The highest BCUT2D eigenvalue weighted by atomic mass is 79.9. The molecule has 0 unspecified atom stereocenters. The number of hydrogen-bond acceptors (Lipinski definition) is 8. The molecule has 3 aromatic rings. The van der Waals surface area contributed by atoms with Gasteiger partial charge in [-0.1, -0.05) is 40.2 Å². The predicted molar refractivity (Wildman–Crippen MR) is 128 cm³/mol. The Balaban J connectivity index is 0.000000232. The van der Waals surface area contributed by atoms with Gasteiger partial charge in [-0.05, 0) is 42.6 Å². The van der Waals surface area contributed by atoms with Gasteiger partial charge in [0, 0.05) is 9.86 Å². The van der Waals surface area contributed by atoms with Crippen molar-refractivity contribution in [2.75, 3.05) is 6.61 Å². The van der Waals surface area contributed by atoms with Crippen LogP contribution in [0.5, 0.6) is 0 Å². The average molecular weight is 618 g/mol. The lowest BCUT2D eigenvalue weighted by Crippen LogP contribution is -2.44. The Morgan fingerprint density at radius 3 is 1.97 bits per heavy atom. The minimum absolute atomic E-state index is 0.0485. The maximum atomic E-state index is 12.4. The summed E-state index contributed by atoms with van der Waals surface area (Å²) < 4.78 is 68.4. The van der Waals surface area contributed by atoms with E-state index in [1.54, 1.807) is 19.1 Å². The minimum Gasteiger partial charge on any atom is -0.478 e. The van der Waals surface area contributed by atoms with E-state index >= 15 is 0 Å². The Kier molecular flexibility index (Phi) is 8.24. The quantitative estimate of drug-likeness (QED) is 0.248. The molecule has 38 heavy (non-hydrogen) atoms. The number of carbonyl (C=O) groups is 4. The number of esters is 1. The molecule has 0 radical (unpaired) electrons. The summed E-state index contributed by atoms with van der Waals surface area (Å²) in [6.45, 7) is 1.95. The molecule has 1 aliphatic rings. The minimum atomic E-state index is -6.15. The van der Waals surface area contributed by atoms with Crippen molar-refractivity contribution in [1.82, 2.24) is 5.06 Å². The second kappa shape index (κ2) is 10.9. The highest BCUT2D eigenvalue weighted by Gasteiger charge is 2.51. The number of carboxylic acid groups (broad SMARTS) is 1. The highest BCUT2D eigenvalue weighted by Crippen LogP contribution is 2.33. The van der Waals surface area contributed by atoms with E-state index in [1.165, 1.54) is 42.5 Å². The van der Waals surface area contributed by atoms with Crippen LogP contribution in [0.1, 0.15) is 48.4 Å². The van der Waals surface area contributed by atoms with Crippen molar-refractivity contribution < 1.29 is 54.9 Å². The first kappa shape index (κ1) is 28.7. The van der Waals surface area contributed by atoms with Crippen LogP contribution in [0.3, 0.4) is 0 Å². The second-order valence-electron chi connectivity index (χ2n) is 7.34. The first-order valence-electron chi connectivity index (χ1n) is 10.3. The summed E-state index contributed by atoms with van der Waals surface area (Å²) in [5.41, 5.74) is -5.75. The molecule has 0 saturated heterocycles. The number of imide groups is 1. The molecule has 0 saturated carbocycles. The molecular formula is C23H15BrF3NO9S. The third kappa shape index (κ3) is 5.84. The number of carbonyl (C=O) groups excluding carboxylic acids is 3. The maximum Gasteiger partial charge on any atom is 0.525 e. The third-order valence-electron chi connectivity index (χ3n) is 4.85. The Hall–Kier alpha value is -3.82. The van der Waals surface area contributed by atoms with Gasteiger partial charge in [-0.3, -0.25) is 9.59 Å². The number of ether oxygens (including phenoxy) is 1. The Bertz CT molecular complexity index is 1520. The van der Waals surface area contributed by atoms with Gasteiger partial charge in [-0.15, -0.1) is 9.35 Å². The van der Waals surface area contributed by atoms with Crippen molar-refractivity contribution in [3.8, 4) is 0 Å². The number of halogens is 4. The zero-order valence-corrected chi connectivity index (χ0v) is 21.4. The van der Waals surface area contributed by atoms with Crippen LogP contribution in [0, 0.1) is 0 Å². The van der Waals surface area contributed by atoms with Gasteiger partial charge < -0.3 is 9.84 Å². The number of hydroxylamine groups is 2. The monoisotopic (exact) mass is 617 g/mol. The second-order valence-corrected chi connectivity index (χ2v) is 9.78. The van der Waals surface area contributed by atoms with Crippen molar-refractivity contribution in [2.45, 2.75) is 12.4 Å². The average Bonchev–Trinajstić information content (AvgIpc) is 2.84. The zero-order chi connectivity index (χ0) is 28.4. The molecular weight excluding hydrogens is 603 g/mol. The molecule has 200 valence electrons. The van der Waals surface area contributed by atoms with Crippen molar-refractivity contribution in [3.05, 3.63) is 81.3 Å². The summed E-state index contributed by atoms with van der Waals surface area (Å²) in [7, 11) is -6.15. The molecule has 0 aliphatic carbocycles. The van der Waals surface area contributed by atoms with Crippen molar-refractivity contribution in [1.29, 1.82) is 0 Å². The number of hydrogen-bond donors (Lipinski definition) is 1. The van der Waals surface area contributed by atoms with E-state index in [2.05, 4.69) is 20.2 Å². The molecule has 1 N–H and O–H groups in total. The molecule has 2 amide bonds. The lowest BCUT2D eigenvalue weighted by molar-refractivity contribution is -0.0761. The number of amides is 2. The molecule has 0 spiro atoms. The molecule has 1 heterocycles. The SMILES string of the molecule is CCOC(=O)c1cc(Br)cc(C(=O)O)c1.O=C1c2cccc3cccc(c23)C(=O)N1OS(=O)(=O)C(F)(F)F. The van der Waals surface area contributed by atoms with Crippen LogP contribution in [0.25, 0.3) is 10.8 Å². The van der Waals surface area contributed by atoms with Crippen LogP contribution >= 0.6 is 15.9 Å². The Morgan fingerprint density at radius 2 is 1.50 bits per heavy atom. The van der Waals surface area contributed by atoms with E-state index in [9.17, 15) is 40.8 Å². The van der Waals surface area contributed by atoms with Crippen molar-refractivity contribution >= 4 is 60.6 Å². The van der Waals surface area contributed by atoms with E-state index in [-0.39, 0.29) is 39.3 Å². The summed E-state index contributed by atoms with van der Waals surface area (Å²) in [5, 5.41) is 9.13. The van der Waals surface area contributed by atoms with Crippen molar-refractivity contribution in [3.63, 3.8) is 0 Å². The summed E-state index contributed by atoms with van der Waals surface area (Å²) in [4.78, 5) is 46.4. The van der Waals surface area contributed by atoms with E-state index in [4.69, 9.17) is 9.84 Å². The number of aromatic carboxylic acids is 1. The van der Waals surface area contributed by atoms with Crippen LogP contribution in [0.4, 0.5) is 13.2 Å². The summed E-state index contributed by atoms with van der Waals surface area (Å²) in [6.07, 6.45) is 0. The fourth-order valence-electron chi connectivity index (χ4n) is 3.26. The number of benzene rings is 3. The van der Waals surface area contributed by atoms with Crippen molar-refractivity contribution in [2.24, 2.45) is 0 Å². The largest absolute Gasteiger partial charge is 0.525 e. The maximum absolute atomic E-state index is 12.4.